The molecule has 0 aromatic rings. The van der Waals surface area contributed by atoms with Crippen molar-refractivity contribution in [1.29, 1.82) is 0 Å². The highest BCUT2D eigenvalue weighted by molar-refractivity contribution is 5.92. The molecule has 0 aromatic heterocycles. The number of ether oxygens (including phenoxy) is 1. The SMILES string of the molecule is CNC(=O)[C@@H]1CC[C@H](C(C)(C)C)N1C(=O)[C@@H](NC(=O)OC(C)(C)C)C(C)C. The van der Waals surface area contributed by atoms with Gasteiger partial charge in [0.15, 0.2) is 0 Å². The minimum atomic E-state index is -0.755. The third kappa shape index (κ3) is 6.11. The van der Waals surface area contributed by atoms with Gasteiger partial charge in [-0.15, -0.1) is 0 Å². The van der Waals surface area contributed by atoms with Crippen molar-refractivity contribution in [2.45, 2.75) is 92.0 Å². The molecule has 0 spiro atoms. The van der Waals surface area contributed by atoms with E-state index in [1.807, 2.05) is 13.8 Å². The number of carbonyl (C=O) groups is 3. The number of alkyl carbamates (subject to hydrolysis) is 1. The van der Waals surface area contributed by atoms with Crippen molar-refractivity contribution in [3.63, 3.8) is 0 Å². The van der Waals surface area contributed by atoms with Crippen molar-refractivity contribution < 1.29 is 19.1 Å². The first-order valence-corrected chi connectivity index (χ1v) is 9.72. The Bertz CT molecular complexity index is 561. The molecular formula is C20H37N3O4. The van der Waals surface area contributed by atoms with Crippen LogP contribution in [0.15, 0.2) is 0 Å². The van der Waals surface area contributed by atoms with E-state index in [4.69, 9.17) is 4.74 Å². The fourth-order valence-corrected chi connectivity index (χ4v) is 3.50. The third-order valence-corrected chi connectivity index (χ3v) is 4.79. The summed E-state index contributed by atoms with van der Waals surface area (Å²) in [6, 6.07) is -1.35. The van der Waals surface area contributed by atoms with Crippen LogP contribution in [-0.4, -0.2) is 53.6 Å². The number of carbonyl (C=O) groups excluding carboxylic acids is 3. The number of rotatable bonds is 4. The zero-order chi connectivity index (χ0) is 21.2. The molecule has 7 nitrogen and oxygen atoms in total. The third-order valence-electron chi connectivity index (χ3n) is 4.79. The van der Waals surface area contributed by atoms with Gasteiger partial charge in [-0.25, -0.2) is 4.79 Å². The van der Waals surface area contributed by atoms with E-state index in [1.54, 1.807) is 32.7 Å². The van der Waals surface area contributed by atoms with Crippen LogP contribution in [0.1, 0.15) is 68.2 Å². The summed E-state index contributed by atoms with van der Waals surface area (Å²) in [5.41, 5.74) is -0.827. The van der Waals surface area contributed by atoms with Crippen LogP contribution in [0.5, 0.6) is 0 Å². The van der Waals surface area contributed by atoms with Crippen molar-refractivity contribution in [1.82, 2.24) is 15.5 Å². The van der Waals surface area contributed by atoms with E-state index in [0.29, 0.717) is 6.42 Å². The second kappa shape index (κ2) is 8.48. The highest BCUT2D eigenvalue weighted by Gasteiger charge is 2.47. The van der Waals surface area contributed by atoms with Crippen molar-refractivity contribution in [3.05, 3.63) is 0 Å². The Morgan fingerprint density at radius 2 is 1.59 bits per heavy atom. The number of hydrogen-bond acceptors (Lipinski definition) is 4. The highest BCUT2D eigenvalue weighted by Crippen LogP contribution is 2.37. The molecule has 1 aliphatic heterocycles. The monoisotopic (exact) mass is 383 g/mol. The predicted octanol–water partition coefficient (Wildman–Crippen LogP) is 2.69. The van der Waals surface area contributed by atoms with E-state index in [2.05, 4.69) is 31.4 Å². The van der Waals surface area contributed by atoms with E-state index < -0.39 is 23.8 Å². The number of nitrogens with one attached hydrogen (secondary N) is 2. The van der Waals surface area contributed by atoms with Crippen LogP contribution < -0.4 is 10.6 Å². The van der Waals surface area contributed by atoms with Gasteiger partial charge >= 0.3 is 6.09 Å². The lowest BCUT2D eigenvalue weighted by molar-refractivity contribution is -0.144. The number of hydrogen-bond donors (Lipinski definition) is 2. The Hall–Kier alpha value is -1.79. The van der Waals surface area contributed by atoms with Gasteiger partial charge < -0.3 is 20.3 Å². The van der Waals surface area contributed by atoms with Gasteiger partial charge in [0.25, 0.3) is 0 Å². The predicted molar refractivity (Wildman–Crippen MR) is 105 cm³/mol. The average Bonchev–Trinajstić information content (AvgIpc) is 2.94. The van der Waals surface area contributed by atoms with Gasteiger partial charge in [0.1, 0.15) is 17.7 Å². The first-order valence-electron chi connectivity index (χ1n) is 9.72. The van der Waals surface area contributed by atoms with Crippen molar-refractivity contribution in [2.75, 3.05) is 7.05 Å². The highest BCUT2D eigenvalue weighted by atomic mass is 16.6. The first-order chi connectivity index (χ1) is 12.2. The molecular weight excluding hydrogens is 346 g/mol. The lowest BCUT2D eigenvalue weighted by Crippen LogP contribution is -2.59. The van der Waals surface area contributed by atoms with E-state index in [-0.39, 0.29) is 29.2 Å². The summed E-state index contributed by atoms with van der Waals surface area (Å²) in [5.74, 6) is -0.548. The fraction of sp³-hybridized carbons (Fsp3) is 0.850. The van der Waals surface area contributed by atoms with Crippen LogP contribution in [0.4, 0.5) is 4.79 Å². The lowest BCUT2D eigenvalue weighted by atomic mass is 9.85. The quantitative estimate of drug-likeness (QED) is 0.781. The van der Waals surface area contributed by atoms with Crippen LogP contribution in [0.25, 0.3) is 0 Å². The maximum atomic E-state index is 13.5. The molecule has 156 valence electrons. The molecule has 0 unspecified atom stereocenters. The van der Waals surface area contributed by atoms with Gasteiger partial charge in [-0.1, -0.05) is 34.6 Å². The molecule has 1 saturated heterocycles. The minimum absolute atomic E-state index is 0.0750. The summed E-state index contributed by atoms with van der Waals surface area (Å²) in [6.07, 6.45) is 0.743. The summed E-state index contributed by atoms with van der Waals surface area (Å²) in [7, 11) is 1.58. The van der Waals surface area contributed by atoms with E-state index >= 15 is 0 Å². The normalized spacial score (nSPS) is 21.8. The van der Waals surface area contributed by atoms with Crippen LogP contribution in [0, 0.1) is 11.3 Å². The number of likely N-dealkylation sites (N-methyl/N-ethyl adjacent to an activating group) is 1. The maximum absolute atomic E-state index is 13.5. The molecule has 2 N–H and O–H groups in total. The molecule has 1 rings (SSSR count). The standard InChI is InChI=1S/C20H37N3O4/c1-12(2)15(22-18(26)27-20(6,7)8)17(25)23-13(16(24)21-9)10-11-14(23)19(3,4)5/h12-15H,10-11H2,1-9H3,(H,21,24)(H,22,26)/t13-,14+,15-/m0/s1. The molecule has 0 radical (unpaired) electrons. The Morgan fingerprint density at radius 3 is 2.00 bits per heavy atom. The number of amides is 3. The van der Waals surface area contributed by atoms with Crippen molar-refractivity contribution in [2.24, 2.45) is 11.3 Å². The minimum Gasteiger partial charge on any atom is -0.444 e. The topological polar surface area (TPSA) is 87.7 Å². The molecule has 0 aromatic carbocycles. The molecule has 1 fully saturated rings. The Morgan fingerprint density at radius 1 is 1.04 bits per heavy atom. The molecule has 1 heterocycles. The van der Waals surface area contributed by atoms with E-state index in [0.717, 1.165) is 6.42 Å². The number of nitrogens with zero attached hydrogens (tertiary/aromatic N) is 1. The summed E-state index contributed by atoms with van der Waals surface area (Å²) in [5, 5.41) is 5.37. The smallest absolute Gasteiger partial charge is 0.408 e. The van der Waals surface area contributed by atoms with E-state index in [9.17, 15) is 14.4 Å². The summed E-state index contributed by atoms with van der Waals surface area (Å²) < 4.78 is 5.32. The average molecular weight is 384 g/mol. The maximum Gasteiger partial charge on any atom is 0.408 e. The van der Waals surface area contributed by atoms with Gasteiger partial charge in [-0.3, -0.25) is 9.59 Å². The largest absolute Gasteiger partial charge is 0.444 e. The molecule has 1 aliphatic rings. The van der Waals surface area contributed by atoms with Crippen LogP contribution in [-0.2, 0) is 14.3 Å². The Balaban J connectivity index is 3.14. The second-order valence-corrected chi connectivity index (χ2v) is 9.70. The van der Waals surface area contributed by atoms with E-state index in [1.165, 1.54) is 0 Å². The zero-order valence-corrected chi connectivity index (χ0v) is 18.3. The zero-order valence-electron chi connectivity index (χ0n) is 18.3. The first kappa shape index (κ1) is 23.2. The molecule has 3 amide bonds. The van der Waals surface area contributed by atoms with Gasteiger partial charge in [-0.2, -0.15) is 0 Å². The van der Waals surface area contributed by atoms with Crippen LogP contribution >= 0.6 is 0 Å². The molecule has 3 atom stereocenters. The summed E-state index contributed by atoms with van der Waals surface area (Å²) >= 11 is 0. The van der Waals surface area contributed by atoms with Gasteiger partial charge in [0.2, 0.25) is 11.8 Å². The molecule has 0 aliphatic carbocycles. The summed E-state index contributed by atoms with van der Waals surface area (Å²) in [6.45, 7) is 15.3. The van der Waals surface area contributed by atoms with Gasteiger partial charge in [0.05, 0.1) is 0 Å². The molecule has 7 heteroatoms. The van der Waals surface area contributed by atoms with Crippen LogP contribution in [0.2, 0.25) is 0 Å². The molecule has 0 saturated carbocycles. The Labute approximate surface area is 163 Å². The van der Waals surface area contributed by atoms with Crippen LogP contribution in [0.3, 0.4) is 0 Å². The van der Waals surface area contributed by atoms with Crippen molar-refractivity contribution >= 4 is 17.9 Å². The Kier molecular flexibility index (Phi) is 7.30. The van der Waals surface area contributed by atoms with Crippen molar-refractivity contribution in [3.8, 4) is 0 Å². The summed E-state index contributed by atoms with van der Waals surface area (Å²) in [4.78, 5) is 39.8. The number of likely N-dealkylation sites (tertiary alicyclic amines) is 1. The molecule has 0 bridgehead atoms. The second-order valence-electron chi connectivity index (χ2n) is 9.70. The molecule has 27 heavy (non-hydrogen) atoms. The van der Waals surface area contributed by atoms with Gasteiger partial charge in [-0.05, 0) is 44.9 Å². The van der Waals surface area contributed by atoms with Gasteiger partial charge in [0, 0.05) is 13.1 Å². The fourth-order valence-electron chi connectivity index (χ4n) is 3.50. The lowest BCUT2D eigenvalue weighted by Gasteiger charge is -2.40.